The largest absolute Gasteiger partial charge is 0.506 e. The average Bonchev–Trinajstić information content (AvgIpc) is 2.56. The van der Waals surface area contributed by atoms with Crippen LogP contribution in [0, 0.1) is 0 Å². The highest BCUT2D eigenvalue weighted by atomic mass is 16.3. The summed E-state index contributed by atoms with van der Waals surface area (Å²) in [6, 6.07) is 1.58. The van der Waals surface area contributed by atoms with E-state index in [9.17, 15) is 0 Å². The number of hydrogen-bond donors (Lipinski definition) is 1. The van der Waals surface area contributed by atoms with Crippen LogP contribution in [0.4, 0.5) is 0 Å². The van der Waals surface area contributed by atoms with Crippen molar-refractivity contribution in [1.29, 1.82) is 0 Å². The minimum absolute atomic E-state index is 0.126. The number of rotatable bonds is 1. The Kier molecular flexibility index (Phi) is 1.48. The summed E-state index contributed by atoms with van der Waals surface area (Å²) in [5.74, 6) is 0.126. The fourth-order valence-corrected chi connectivity index (χ4v) is 0.891. The molecule has 0 aromatic carbocycles. The number of pyridine rings is 1. The zero-order valence-electron chi connectivity index (χ0n) is 6.12. The molecule has 0 unspecified atom stereocenters. The number of aromatic hydroxyl groups is 1. The second-order valence-corrected chi connectivity index (χ2v) is 2.27. The monoisotopic (exact) mass is 162 g/mol. The van der Waals surface area contributed by atoms with Crippen molar-refractivity contribution in [2.45, 2.75) is 0 Å². The first-order valence-electron chi connectivity index (χ1n) is 3.35. The summed E-state index contributed by atoms with van der Waals surface area (Å²) in [5.41, 5.74) is 0.736. The summed E-state index contributed by atoms with van der Waals surface area (Å²) in [6.45, 7) is 0. The van der Waals surface area contributed by atoms with Gasteiger partial charge in [-0.25, -0.2) is 0 Å². The number of hydrogen-bond acceptors (Lipinski definition) is 4. The van der Waals surface area contributed by atoms with Gasteiger partial charge in [-0.05, 0) is 0 Å². The Bertz CT molecular complexity index is 371. The zero-order valence-corrected chi connectivity index (χ0v) is 6.12. The molecule has 0 atom stereocenters. The molecule has 0 aliphatic carbocycles. The van der Waals surface area contributed by atoms with E-state index in [-0.39, 0.29) is 5.75 Å². The molecule has 5 heteroatoms. The predicted molar refractivity (Wildman–Crippen MR) is 40.8 cm³/mol. The second kappa shape index (κ2) is 2.61. The van der Waals surface area contributed by atoms with Gasteiger partial charge >= 0.3 is 0 Å². The SMILES string of the molecule is Oc1cncc(-n2cnnc2)c1. The molecule has 0 spiro atoms. The van der Waals surface area contributed by atoms with Crippen molar-refractivity contribution >= 4 is 0 Å². The first kappa shape index (κ1) is 6.78. The Hall–Kier alpha value is -1.91. The van der Waals surface area contributed by atoms with Gasteiger partial charge in [-0.3, -0.25) is 9.55 Å². The maximum atomic E-state index is 9.10. The van der Waals surface area contributed by atoms with Gasteiger partial charge in [0.15, 0.2) is 0 Å². The minimum Gasteiger partial charge on any atom is -0.506 e. The molecule has 2 heterocycles. The molecule has 0 aliphatic heterocycles. The highest BCUT2D eigenvalue weighted by molar-refractivity contribution is 5.33. The molecular formula is C7H6N4O. The smallest absolute Gasteiger partial charge is 0.135 e. The van der Waals surface area contributed by atoms with Crippen molar-refractivity contribution in [3.63, 3.8) is 0 Å². The fraction of sp³-hybridized carbons (Fsp3) is 0. The van der Waals surface area contributed by atoms with E-state index in [1.807, 2.05) is 0 Å². The van der Waals surface area contributed by atoms with Crippen LogP contribution >= 0.6 is 0 Å². The highest BCUT2D eigenvalue weighted by Gasteiger charge is 1.96. The third-order valence-electron chi connectivity index (χ3n) is 1.43. The lowest BCUT2D eigenvalue weighted by atomic mass is 10.4. The van der Waals surface area contributed by atoms with Crippen molar-refractivity contribution in [3.05, 3.63) is 31.1 Å². The topological polar surface area (TPSA) is 63.8 Å². The van der Waals surface area contributed by atoms with Crippen LogP contribution in [0.3, 0.4) is 0 Å². The lowest BCUT2D eigenvalue weighted by Gasteiger charge is -1.98. The molecule has 12 heavy (non-hydrogen) atoms. The Balaban J connectivity index is 2.48. The van der Waals surface area contributed by atoms with Gasteiger partial charge in [-0.1, -0.05) is 0 Å². The zero-order chi connectivity index (χ0) is 8.39. The maximum absolute atomic E-state index is 9.10. The van der Waals surface area contributed by atoms with Gasteiger partial charge in [0.2, 0.25) is 0 Å². The van der Waals surface area contributed by atoms with Gasteiger partial charge in [0.05, 0.1) is 18.1 Å². The van der Waals surface area contributed by atoms with E-state index >= 15 is 0 Å². The molecule has 0 bridgehead atoms. The molecule has 2 aromatic heterocycles. The van der Waals surface area contributed by atoms with Crippen LogP contribution in [0.15, 0.2) is 31.1 Å². The summed E-state index contributed by atoms with van der Waals surface area (Å²) in [4.78, 5) is 3.81. The Morgan fingerprint density at radius 2 is 1.92 bits per heavy atom. The average molecular weight is 162 g/mol. The van der Waals surface area contributed by atoms with E-state index < -0.39 is 0 Å². The van der Waals surface area contributed by atoms with Gasteiger partial charge in [0, 0.05) is 6.07 Å². The quantitative estimate of drug-likeness (QED) is 0.657. The van der Waals surface area contributed by atoms with Crippen LogP contribution in [0.2, 0.25) is 0 Å². The first-order valence-corrected chi connectivity index (χ1v) is 3.35. The third kappa shape index (κ3) is 1.12. The van der Waals surface area contributed by atoms with Crippen LogP contribution < -0.4 is 0 Å². The summed E-state index contributed by atoms with van der Waals surface area (Å²) >= 11 is 0. The van der Waals surface area contributed by atoms with E-state index in [1.54, 1.807) is 16.8 Å². The van der Waals surface area contributed by atoms with Crippen LogP contribution in [-0.4, -0.2) is 24.9 Å². The van der Waals surface area contributed by atoms with E-state index in [4.69, 9.17) is 5.11 Å². The molecule has 2 rings (SSSR count). The summed E-state index contributed by atoms with van der Waals surface area (Å²) < 4.78 is 1.66. The standard InChI is InChI=1S/C7H6N4O/c12-7-1-6(2-8-3-7)11-4-9-10-5-11/h1-5,12H. The Morgan fingerprint density at radius 3 is 2.58 bits per heavy atom. The fourth-order valence-electron chi connectivity index (χ4n) is 0.891. The molecule has 5 nitrogen and oxygen atoms in total. The predicted octanol–water partition coefficient (Wildman–Crippen LogP) is 0.368. The van der Waals surface area contributed by atoms with Crippen molar-refractivity contribution in [3.8, 4) is 11.4 Å². The first-order chi connectivity index (χ1) is 5.86. The molecule has 0 fully saturated rings. The van der Waals surface area contributed by atoms with Crippen molar-refractivity contribution in [2.75, 3.05) is 0 Å². The van der Waals surface area contributed by atoms with Gasteiger partial charge < -0.3 is 5.11 Å². The molecule has 0 radical (unpaired) electrons. The van der Waals surface area contributed by atoms with Gasteiger partial charge in [-0.15, -0.1) is 10.2 Å². The van der Waals surface area contributed by atoms with Crippen LogP contribution in [0.5, 0.6) is 5.75 Å². The Labute approximate surface area is 68.3 Å². The second-order valence-electron chi connectivity index (χ2n) is 2.27. The molecule has 0 saturated carbocycles. The van der Waals surface area contributed by atoms with Crippen LogP contribution in [-0.2, 0) is 0 Å². The number of nitrogens with zero attached hydrogens (tertiary/aromatic N) is 4. The molecule has 60 valence electrons. The van der Waals surface area contributed by atoms with Crippen LogP contribution in [0.1, 0.15) is 0 Å². The summed E-state index contributed by atoms with van der Waals surface area (Å²) in [5, 5.41) is 16.4. The third-order valence-corrected chi connectivity index (χ3v) is 1.43. The molecule has 1 N–H and O–H groups in total. The van der Waals surface area contributed by atoms with Crippen LogP contribution in [0.25, 0.3) is 5.69 Å². The highest BCUT2D eigenvalue weighted by Crippen LogP contribution is 2.11. The van der Waals surface area contributed by atoms with Crippen molar-refractivity contribution in [1.82, 2.24) is 19.7 Å². The normalized spacial score (nSPS) is 10.0. The van der Waals surface area contributed by atoms with E-state index in [0.29, 0.717) is 0 Å². The van der Waals surface area contributed by atoms with Gasteiger partial charge in [0.25, 0.3) is 0 Å². The molecule has 0 saturated heterocycles. The van der Waals surface area contributed by atoms with E-state index in [0.717, 1.165) is 5.69 Å². The van der Waals surface area contributed by atoms with E-state index in [2.05, 4.69) is 15.2 Å². The molecular weight excluding hydrogens is 156 g/mol. The van der Waals surface area contributed by atoms with Crippen molar-refractivity contribution < 1.29 is 5.11 Å². The molecule has 2 aromatic rings. The van der Waals surface area contributed by atoms with E-state index in [1.165, 1.54) is 18.9 Å². The summed E-state index contributed by atoms with van der Waals surface area (Å²) in [7, 11) is 0. The molecule has 0 amide bonds. The molecule has 0 aliphatic rings. The minimum atomic E-state index is 0.126. The van der Waals surface area contributed by atoms with Gasteiger partial charge in [0.1, 0.15) is 18.4 Å². The lowest BCUT2D eigenvalue weighted by Crippen LogP contribution is -1.89. The van der Waals surface area contributed by atoms with Gasteiger partial charge in [-0.2, -0.15) is 0 Å². The number of aromatic nitrogens is 4. The summed E-state index contributed by atoms with van der Waals surface area (Å²) in [6.07, 6.45) is 6.06. The Morgan fingerprint density at radius 1 is 1.17 bits per heavy atom. The lowest BCUT2D eigenvalue weighted by molar-refractivity contribution is 0.472. The van der Waals surface area contributed by atoms with Crippen molar-refractivity contribution in [2.24, 2.45) is 0 Å². The maximum Gasteiger partial charge on any atom is 0.135 e.